The van der Waals surface area contributed by atoms with Gasteiger partial charge >= 0.3 is 0 Å². The van der Waals surface area contributed by atoms with E-state index in [1.165, 1.54) is 19.3 Å². The highest BCUT2D eigenvalue weighted by Crippen LogP contribution is 2.50. The third-order valence-electron chi connectivity index (χ3n) is 4.89. The first kappa shape index (κ1) is 12.6. The number of nitrogens with zero attached hydrogens (tertiary/aromatic N) is 1. The van der Waals surface area contributed by atoms with Crippen LogP contribution >= 0.6 is 22.6 Å². The molecule has 0 N–H and O–H groups in total. The van der Waals surface area contributed by atoms with E-state index in [-0.39, 0.29) is 0 Å². The zero-order valence-electron chi connectivity index (χ0n) is 11.1. The molecule has 1 fully saturated rings. The molecule has 1 aromatic heterocycles. The van der Waals surface area contributed by atoms with Gasteiger partial charge in [-0.05, 0) is 38.5 Å². The number of hydrogen-bond acceptors (Lipinski definition) is 0. The largest absolute Gasteiger partial charge is 0.201 e. The molecule has 1 aromatic rings. The summed E-state index contributed by atoms with van der Waals surface area (Å²) in [4.78, 5) is 0. The summed E-state index contributed by atoms with van der Waals surface area (Å²) >= 11 is 2.71. The van der Waals surface area contributed by atoms with Crippen molar-refractivity contribution in [2.45, 2.75) is 43.1 Å². The van der Waals surface area contributed by atoms with E-state index in [0.29, 0.717) is 6.04 Å². The zero-order valence-corrected chi connectivity index (χ0v) is 13.3. The SMILES string of the molecule is CC1=C(C)C[C@H]2[C@@H](C1)C[C@H]([n+]1ccccc1)[C@H]2I. The molecule has 1 heterocycles. The molecule has 0 saturated heterocycles. The Kier molecular flexibility index (Phi) is 3.48. The summed E-state index contributed by atoms with van der Waals surface area (Å²) in [6, 6.07) is 7.11. The second kappa shape index (κ2) is 4.95. The third kappa shape index (κ3) is 2.13. The third-order valence-corrected chi connectivity index (χ3v) is 6.64. The van der Waals surface area contributed by atoms with Crippen LogP contribution in [0.4, 0.5) is 0 Å². The lowest BCUT2D eigenvalue weighted by atomic mass is 9.79. The van der Waals surface area contributed by atoms with Crippen molar-refractivity contribution in [2.24, 2.45) is 11.8 Å². The topological polar surface area (TPSA) is 3.88 Å². The minimum absolute atomic E-state index is 0.695. The molecule has 2 heteroatoms. The van der Waals surface area contributed by atoms with E-state index in [1.54, 1.807) is 11.1 Å². The average molecular weight is 354 g/mol. The summed E-state index contributed by atoms with van der Waals surface area (Å²) in [7, 11) is 0. The van der Waals surface area contributed by atoms with Crippen LogP contribution in [-0.4, -0.2) is 3.92 Å². The number of pyridine rings is 1. The number of halogens is 1. The van der Waals surface area contributed by atoms with E-state index in [9.17, 15) is 0 Å². The molecular weight excluding hydrogens is 333 g/mol. The van der Waals surface area contributed by atoms with Gasteiger partial charge in [-0.25, -0.2) is 4.57 Å². The summed E-state index contributed by atoms with van der Waals surface area (Å²) in [5.41, 5.74) is 3.30. The van der Waals surface area contributed by atoms with Crippen molar-refractivity contribution in [1.82, 2.24) is 0 Å². The van der Waals surface area contributed by atoms with Gasteiger partial charge in [-0.1, -0.05) is 39.8 Å². The molecule has 3 rings (SSSR count). The number of aromatic nitrogens is 1. The maximum absolute atomic E-state index is 2.71. The molecule has 0 aromatic carbocycles. The lowest BCUT2D eigenvalue weighted by Gasteiger charge is -2.28. The molecule has 4 atom stereocenters. The minimum Gasteiger partial charge on any atom is -0.201 e. The van der Waals surface area contributed by atoms with E-state index < -0.39 is 0 Å². The van der Waals surface area contributed by atoms with Crippen LogP contribution in [0.25, 0.3) is 0 Å². The quantitative estimate of drug-likeness (QED) is 0.310. The first-order valence-electron chi connectivity index (χ1n) is 6.92. The van der Waals surface area contributed by atoms with Gasteiger partial charge in [0.15, 0.2) is 18.4 Å². The molecule has 0 amide bonds. The van der Waals surface area contributed by atoms with E-state index in [0.717, 1.165) is 15.8 Å². The number of rotatable bonds is 1. The summed E-state index contributed by atoms with van der Waals surface area (Å²) in [6.07, 6.45) is 8.49. The predicted molar refractivity (Wildman–Crippen MR) is 82.7 cm³/mol. The Bertz CT molecular complexity index is 465. The van der Waals surface area contributed by atoms with Crippen LogP contribution in [0.15, 0.2) is 41.7 Å². The van der Waals surface area contributed by atoms with Gasteiger partial charge in [-0.2, -0.15) is 0 Å². The molecule has 0 radical (unpaired) electrons. The maximum Gasteiger partial charge on any atom is 0.170 e. The van der Waals surface area contributed by atoms with Crippen LogP contribution in [0.3, 0.4) is 0 Å². The van der Waals surface area contributed by atoms with Crippen LogP contribution in [0, 0.1) is 11.8 Å². The van der Waals surface area contributed by atoms with Gasteiger partial charge in [0.25, 0.3) is 0 Å². The summed E-state index contributed by atoms with van der Waals surface area (Å²) in [6.45, 7) is 4.66. The Morgan fingerprint density at radius 1 is 1.06 bits per heavy atom. The lowest BCUT2D eigenvalue weighted by Crippen LogP contribution is -2.41. The Labute approximate surface area is 123 Å². The van der Waals surface area contributed by atoms with E-state index >= 15 is 0 Å². The molecular formula is C16H21IN+. The van der Waals surface area contributed by atoms with Crippen LogP contribution < -0.4 is 4.57 Å². The molecule has 0 bridgehead atoms. The Morgan fingerprint density at radius 2 is 1.72 bits per heavy atom. The van der Waals surface area contributed by atoms with Crippen molar-refractivity contribution in [1.29, 1.82) is 0 Å². The fourth-order valence-electron chi connectivity index (χ4n) is 3.69. The summed E-state index contributed by atoms with van der Waals surface area (Å²) in [5, 5.41) is 0. The van der Waals surface area contributed by atoms with Crippen molar-refractivity contribution in [2.75, 3.05) is 0 Å². The highest BCUT2D eigenvalue weighted by Gasteiger charge is 2.47. The summed E-state index contributed by atoms with van der Waals surface area (Å²) < 4.78 is 3.21. The van der Waals surface area contributed by atoms with E-state index in [2.05, 4.69) is 71.6 Å². The highest BCUT2D eigenvalue weighted by molar-refractivity contribution is 14.1. The molecule has 2 aliphatic rings. The second-order valence-corrected chi connectivity index (χ2v) is 7.40. The Morgan fingerprint density at radius 3 is 2.44 bits per heavy atom. The monoisotopic (exact) mass is 354 g/mol. The van der Waals surface area contributed by atoms with Gasteiger partial charge in [-0.15, -0.1) is 0 Å². The highest BCUT2D eigenvalue weighted by atomic mass is 127. The number of hydrogen-bond donors (Lipinski definition) is 0. The van der Waals surface area contributed by atoms with Gasteiger partial charge in [0.2, 0.25) is 0 Å². The molecule has 1 nitrogen and oxygen atoms in total. The van der Waals surface area contributed by atoms with Crippen LogP contribution in [0.1, 0.15) is 39.2 Å². The molecule has 96 valence electrons. The standard InChI is InChI=1S/C16H21IN/c1-11-8-13-10-15(18-6-4-3-5-7-18)16(17)14(13)9-12(11)2/h3-7,13-16H,8-10H2,1-2H3/q+1/t13-,14-,15-,16-/m0/s1. The van der Waals surface area contributed by atoms with Crippen molar-refractivity contribution in [3.8, 4) is 0 Å². The van der Waals surface area contributed by atoms with Crippen LogP contribution in [-0.2, 0) is 0 Å². The van der Waals surface area contributed by atoms with Gasteiger partial charge in [0, 0.05) is 18.6 Å². The van der Waals surface area contributed by atoms with Crippen LogP contribution in [0.5, 0.6) is 0 Å². The van der Waals surface area contributed by atoms with Crippen molar-refractivity contribution in [3.05, 3.63) is 41.7 Å². The van der Waals surface area contributed by atoms with Gasteiger partial charge < -0.3 is 0 Å². The fraction of sp³-hybridized carbons (Fsp3) is 0.562. The summed E-state index contributed by atoms with van der Waals surface area (Å²) in [5.74, 6) is 1.81. The Hall–Kier alpha value is -0.380. The molecule has 0 spiro atoms. The van der Waals surface area contributed by atoms with Crippen molar-refractivity contribution < 1.29 is 4.57 Å². The second-order valence-electron chi connectivity index (χ2n) is 5.96. The van der Waals surface area contributed by atoms with Crippen molar-refractivity contribution >= 4 is 22.6 Å². The van der Waals surface area contributed by atoms with Crippen LogP contribution in [0.2, 0.25) is 0 Å². The molecule has 2 aliphatic carbocycles. The molecule has 0 unspecified atom stereocenters. The normalized spacial score (nSPS) is 35.7. The van der Waals surface area contributed by atoms with E-state index in [4.69, 9.17) is 0 Å². The lowest BCUT2D eigenvalue weighted by molar-refractivity contribution is -0.720. The maximum atomic E-state index is 2.71. The average Bonchev–Trinajstić information content (AvgIpc) is 2.69. The first-order valence-corrected chi connectivity index (χ1v) is 8.16. The fourth-order valence-corrected chi connectivity index (χ4v) is 5.20. The molecule has 18 heavy (non-hydrogen) atoms. The van der Waals surface area contributed by atoms with Crippen molar-refractivity contribution in [3.63, 3.8) is 0 Å². The van der Waals surface area contributed by atoms with E-state index in [1.807, 2.05) is 0 Å². The van der Waals surface area contributed by atoms with Gasteiger partial charge in [-0.3, -0.25) is 0 Å². The number of allylic oxidation sites excluding steroid dienone is 2. The zero-order chi connectivity index (χ0) is 12.7. The Balaban J connectivity index is 1.84. The predicted octanol–water partition coefficient (Wildman–Crippen LogP) is 4.09. The number of fused-ring (bicyclic) bond motifs is 1. The molecule has 0 aliphatic heterocycles. The minimum atomic E-state index is 0.695. The smallest absolute Gasteiger partial charge is 0.170 e. The van der Waals surface area contributed by atoms with Gasteiger partial charge in [0.05, 0.1) is 3.92 Å². The first-order chi connectivity index (χ1) is 8.66. The number of alkyl halides is 1. The molecule has 1 saturated carbocycles. The van der Waals surface area contributed by atoms with Gasteiger partial charge in [0.1, 0.15) is 0 Å².